The Hall–Kier alpha value is -1.88. The summed E-state index contributed by atoms with van der Waals surface area (Å²) in [6.07, 6.45) is 2.36. The Kier molecular flexibility index (Phi) is 6.37. The average Bonchev–Trinajstić information content (AvgIpc) is 2.94. The molecule has 0 aliphatic carbocycles. The molecule has 3 atom stereocenters. The summed E-state index contributed by atoms with van der Waals surface area (Å²) in [6, 6.07) is 7.68. The van der Waals surface area contributed by atoms with E-state index in [1.54, 1.807) is 6.92 Å². The van der Waals surface area contributed by atoms with Crippen LogP contribution in [-0.2, 0) is 9.59 Å². The van der Waals surface area contributed by atoms with Gasteiger partial charge in [-0.25, -0.2) is 0 Å². The van der Waals surface area contributed by atoms with E-state index in [4.69, 9.17) is 0 Å². The second kappa shape index (κ2) is 8.29. The number of benzene rings is 1. The molecule has 0 spiro atoms. The monoisotopic (exact) mass is 332 g/mol. The molecule has 1 heterocycles. The van der Waals surface area contributed by atoms with Crippen LogP contribution in [0.15, 0.2) is 24.3 Å². The van der Waals surface area contributed by atoms with Crippen molar-refractivity contribution in [3.8, 4) is 0 Å². The minimum Gasteiger partial charge on any atom is -0.393 e. The fourth-order valence-electron chi connectivity index (χ4n) is 3.39. The van der Waals surface area contributed by atoms with E-state index in [-0.39, 0.29) is 30.3 Å². The summed E-state index contributed by atoms with van der Waals surface area (Å²) >= 11 is 0. The van der Waals surface area contributed by atoms with Gasteiger partial charge in [0, 0.05) is 19.5 Å². The third kappa shape index (κ3) is 5.06. The zero-order valence-electron chi connectivity index (χ0n) is 14.8. The first kappa shape index (κ1) is 18.5. The van der Waals surface area contributed by atoms with Crippen LogP contribution < -0.4 is 5.32 Å². The van der Waals surface area contributed by atoms with Gasteiger partial charge in [0.15, 0.2) is 0 Å². The van der Waals surface area contributed by atoms with Crippen LogP contribution >= 0.6 is 0 Å². The number of nitrogens with zero attached hydrogens (tertiary/aromatic N) is 1. The number of amides is 2. The summed E-state index contributed by atoms with van der Waals surface area (Å²) in [7, 11) is 0. The smallest absolute Gasteiger partial charge is 0.225 e. The Balaban J connectivity index is 2.09. The lowest BCUT2D eigenvalue weighted by Crippen LogP contribution is -2.39. The molecule has 0 bridgehead atoms. The van der Waals surface area contributed by atoms with Gasteiger partial charge in [-0.05, 0) is 38.7 Å². The van der Waals surface area contributed by atoms with Crippen molar-refractivity contribution in [1.82, 2.24) is 10.2 Å². The van der Waals surface area contributed by atoms with Gasteiger partial charge in [0.2, 0.25) is 11.8 Å². The molecule has 1 saturated heterocycles. The molecule has 2 rings (SSSR count). The Bertz CT molecular complexity index is 568. The van der Waals surface area contributed by atoms with Gasteiger partial charge in [-0.1, -0.05) is 29.8 Å². The van der Waals surface area contributed by atoms with E-state index in [2.05, 4.69) is 5.32 Å². The molecular weight excluding hydrogens is 304 g/mol. The van der Waals surface area contributed by atoms with Gasteiger partial charge in [-0.3, -0.25) is 9.59 Å². The van der Waals surface area contributed by atoms with Gasteiger partial charge in [0.05, 0.1) is 18.6 Å². The Morgan fingerprint density at radius 1 is 1.33 bits per heavy atom. The molecule has 2 N–H and O–H groups in total. The summed E-state index contributed by atoms with van der Waals surface area (Å²) in [5.74, 6) is -0.104. The minimum atomic E-state index is -0.411. The molecule has 0 aromatic heterocycles. The highest BCUT2D eigenvalue weighted by Crippen LogP contribution is 2.25. The van der Waals surface area contributed by atoms with E-state index < -0.39 is 6.10 Å². The molecule has 2 amide bonds. The first-order valence-corrected chi connectivity index (χ1v) is 8.68. The summed E-state index contributed by atoms with van der Waals surface area (Å²) in [6.45, 7) is 5.97. The SMILES string of the molecule is CC(=O)NC(CC(=O)N1CCCC1CC(C)O)c1ccc(C)cc1. The van der Waals surface area contributed by atoms with Gasteiger partial charge in [-0.2, -0.15) is 0 Å². The van der Waals surface area contributed by atoms with Gasteiger partial charge in [0.25, 0.3) is 0 Å². The van der Waals surface area contributed by atoms with Crippen molar-refractivity contribution < 1.29 is 14.7 Å². The molecule has 5 nitrogen and oxygen atoms in total. The van der Waals surface area contributed by atoms with Gasteiger partial charge in [-0.15, -0.1) is 0 Å². The van der Waals surface area contributed by atoms with Crippen molar-refractivity contribution in [3.05, 3.63) is 35.4 Å². The van der Waals surface area contributed by atoms with Crippen LogP contribution in [0.1, 0.15) is 56.7 Å². The molecule has 0 radical (unpaired) electrons. The van der Waals surface area contributed by atoms with Crippen molar-refractivity contribution >= 4 is 11.8 Å². The number of aliphatic hydroxyl groups excluding tert-OH is 1. The van der Waals surface area contributed by atoms with Crippen LogP contribution in [0.5, 0.6) is 0 Å². The summed E-state index contributed by atoms with van der Waals surface area (Å²) in [5, 5.41) is 12.5. The van der Waals surface area contributed by atoms with E-state index in [9.17, 15) is 14.7 Å². The van der Waals surface area contributed by atoms with Gasteiger partial charge in [0.1, 0.15) is 0 Å². The molecule has 5 heteroatoms. The first-order valence-electron chi connectivity index (χ1n) is 8.68. The second-order valence-corrected chi connectivity index (χ2v) is 6.84. The lowest BCUT2D eigenvalue weighted by Gasteiger charge is -2.28. The largest absolute Gasteiger partial charge is 0.393 e. The number of nitrogens with one attached hydrogen (secondary N) is 1. The zero-order chi connectivity index (χ0) is 17.7. The molecule has 3 unspecified atom stereocenters. The number of rotatable bonds is 6. The molecular formula is C19H28N2O3. The van der Waals surface area contributed by atoms with Crippen LogP contribution in [0.25, 0.3) is 0 Å². The van der Waals surface area contributed by atoms with E-state index in [0.717, 1.165) is 30.5 Å². The number of hydrogen-bond donors (Lipinski definition) is 2. The molecule has 132 valence electrons. The highest BCUT2D eigenvalue weighted by atomic mass is 16.3. The first-order chi connectivity index (χ1) is 11.4. The fourth-order valence-corrected chi connectivity index (χ4v) is 3.39. The van der Waals surface area contributed by atoms with Crippen molar-refractivity contribution in [2.75, 3.05) is 6.54 Å². The maximum absolute atomic E-state index is 12.8. The predicted octanol–water partition coefficient (Wildman–Crippen LogP) is 2.32. The van der Waals surface area contributed by atoms with E-state index in [1.807, 2.05) is 36.1 Å². The molecule has 0 saturated carbocycles. The Labute approximate surface area is 144 Å². The predicted molar refractivity (Wildman–Crippen MR) is 93.4 cm³/mol. The number of carbonyl (C=O) groups excluding carboxylic acids is 2. The van der Waals surface area contributed by atoms with Crippen molar-refractivity contribution in [2.24, 2.45) is 0 Å². The maximum atomic E-state index is 12.8. The summed E-state index contributed by atoms with van der Waals surface area (Å²) < 4.78 is 0. The van der Waals surface area contributed by atoms with Crippen molar-refractivity contribution in [1.29, 1.82) is 0 Å². The molecule has 24 heavy (non-hydrogen) atoms. The van der Waals surface area contributed by atoms with Crippen molar-refractivity contribution in [2.45, 2.75) is 64.6 Å². The zero-order valence-corrected chi connectivity index (χ0v) is 14.8. The van der Waals surface area contributed by atoms with Gasteiger partial charge < -0.3 is 15.3 Å². The molecule has 1 aromatic carbocycles. The van der Waals surface area contributed by atoms with Gasteiger partial charge >= 0.3 is 0 Å². The summed E-state index contributed by atoms with van der Waals surface area (Å²) in [4.78, 5) is 26.2. The molecule has 1 aliphatic heterocycles. The molecule has 1 aliphatic rings. The van der Waals surface area contributed by atoms with Crippen LogP contribution in [0.2, 0.25) is 0 Å². The fraction of sp³-hybridized carbons (Fsp3) is 0.579. The number of carbonyl (C=O) groups is 2. The van der Waals surface area contributed by atoms with E-state index >= 15 is 0 Å². The van der Waals surface area contributed by atoms with E-state index in [1.165, 1.54) is 6.92 Å². The van der Waals surface area contributed by atoms with E-state index in [0.29, 0.717) is 6.42 Å². The summed E-state index contributed by atoms with van der Waals surface area (Å²) in [5.41, 5.74) is 2.08. The number of aliphatic hydroxyl groups is 1. The topological polar surface area (TPSA) is 69.6 Å². The highest BCUT2D eigenvalue weighted by Gasteiger charge is 2.31. The second-order valence-electron chi connectivity index (χ2n) is 6.84. The number of hydrogen-bond acceptors (Lipinski definition) is 3. The maximum Gasteiger partial charge on any atom is 0.225 e. The Morgan fingerprint density at radius 2 is 2.00 bits per heavy atom. The molecule has 1 aromatic rings. The quantitative estimate of drug-likeness (QED) is 0.840. The highest BCUT2D eigenvalue weighted by molar-refractivity contribution is 5.79. The van der Waals surface area contributed by atoms with Crippen LogP contribution in [0.3, 0.4) is 0 Å². The third-order valence-corrected chi connectivity index (χ3v) is 4.55. The van der Waals surface area contributed by atoms with Crippen LogP contribution in [0, 0.1) is 6.92 Å². The van der Waals surface area contributed by atoms with Crippen LogP contribution in [0.4, 0.5) is 0 Å². The number of likely N-dealkylation sites (tertiary alicyclic amines) is 1. The normalized spacial score (nSPS) is 19.8. The van der Waals surface area contributed by atoms with Crippen LogP contribution in [-0.4, -0.2) is 40.5 Å². The Morgan fingerprint density at radius 3 is 2.58 bits per heavy atom. The minimum absolute atomic E-state index is 0.0393. The lowest BCUT2D eigenvalue weighted by atomic mass is 10.0. The standard InChI is InChI=1S/C19H28N2O3/c1-13-6-8-16(9-7-13)18(20-15(3)23)12-19(24)21-10-4-5-17(21)11-14(2)22/h6-9,14,17-18,22H,4-5,10-12H2,1-3H3,(H,20,23). The number of aryl methyl sites for hydroxylation is 1. The molecule has 1 fully saturated rings. The van der Waals surface area contributed by atoms with Crippen molar-refractivity contribution in [3.63, 3.8) is 0 Å². The lowest BCUT2D eigenvalue weighted by molar-refractivity contribution is -0.133. The third-order valence-electron chi connectivity index (χ3n) is 4.55. The average molecular weight is 332 g/mol.